The number of benzene rings is 5. The first-order chi connectivity index (χ1) is 25.9. The number of rotatable bonds is 10. The Kier molecular flexibility index (Phi) is 11.6. The van der Waals surface area contributed by atoms with Gasteiger partial charge in [0.2, 0.25) is 0 Å². The lowest BCUT2D eigenvalue weighted by molar-refractivity contribution is 0.101. The fourth-order valence-electron chi connectivity index (χ4n) is 5.27. The topological polar surface area (TPSA) is 110 Å². The largest absolute Gasteiger partial charge is 0.397 e. The number of carbonyl (C=O) groups excluding carboxylic acids is 2. The third-order valence-corrected chi connectivity index (χ3v) is 12.5. The van der Waals surface area contributed by atoms with Crippen LogP contribution in [0.5, 0.6) is 0 Å². The van der Waals surface area contributed by atoms with Gasteiger partial charge in [0, 0.05) is 40.8 Å². The van der Waals surface area contributed by atoms with Gasteiger partial charge in [0.1, 0.15) is 0 Å². The van der Waals surface area contributed by atoms with E-state index in [1.807, 2.05) is 144 Å². The van der Waals surface area contributed by atoms with Crippen LogP contribution >= 0.6 is 46.2 Å². The summed E-state index contributed by atoms with van der Waals surface area (Å²) in [7, 11) is 0. The summed E-state index contributed by atoms with van der Waals surface area (Å²) in [4.78, 5) is 31.0. The number of carbonyl (C=O) groups is 2. The van der Waals surface area contributed by atoms with E-state index in [0.717, 1.165) is 35.9 Å². The standard InChI is InChI=1S/C23H18N2OS2.C20H18N2OS2/c24-20-13-10-17(22-7-4-14-27-22)15-21(20)25-23(26)16-8-11-19(12-9-16)28-18-5-2-1-3-6-18;21-17-10-5-14(19-2-1-11-24-19)12-18(17)22-20(23)13-3-6-15(7-4-13)25-16-8-9-16/h1-15H,24H2,(H,25,26);1-7,10-12,16H,8-9,21H2,(H,22,23). The summed E-state index contributed by atoms with van der Waals surface area (Å²) in [5.74, 6) is -0.315. The number of anilines is 4. The van der Waals surface area contributed by atoms with Gasteiger partial charge in [0.15, 0.2) is 0 Å². The lowest BCUT2D eigenvalue weighted by Gasteiger charge is -2.10. The van der Waals surface area contributed by atoms with E-state index >= 15 is 0 Å². The second kappa shape index (κ2) is 17.0. The third kappa shape index (κ3) is 9.79. The molecule has 2 aromatic heterocycles. The highest BCUT2D eigenvalue weighted by Gasteiger charge is 2.22. The second-order valence-corrected chi connectivity index (χ2v) is 16.7. The zero-order chi connectivity index (χ0) is 36.6. The number of amides is 2. The summed E-state index contributed by atoms with van der Waals surface area (Å²) in [5.41, 5.74) is 17.8. The molecule has 1 saturated carbocycles. The highest BCUT2D eigenvalue weighted by molar-refractivity contribution is 8.00. The van der Waals surface area contributed by atoms with Crippen LogP contribution in [-0.4, -0.2) is 17.1 Å². The molecule has 6 nitrogen and oxygen atoms in total. The molecule has 264 valence electrons. The first kappa shape index (κ1) is 36.1. The molecule has 2 heterocycles. The minimum Gasteiger partial charge on any atom is -0.397 e. The Bertz CT molecular complexity index is 2290. The summed E-state index contributed by atoms with van der Waals surface area (Å²) in [6, 6.07) is 45.1. The summed E-state index contributed by atoms with van der Waals surface area (Å²) in [6.07, 6.45) is 2.60. The van der Waals surface area contributed by atoms with Crippen LogP contribution in [0.25, 0.3) is 20.9 Å². The van der Waals surface area contributed by atoms with Gasteiger partial charge in [-0.3, -0.25) is 9.59 Å². The van der Waals surface area contributed by atoms with E-state index in [4.69, 9.17) is 11.5 Å². The predicted molar refractivity (Wildman–Crippen MR) is 227 cm³/mol. The first-order valence-corrected chi connectivity index (χ1v) is 20.4. The fraction of sp³-hybridized carbons (Fsp3) is 0.0698. The maximum Gasteiger partial charge on any atom is 0.255 e. The second-order valence-electron chi connectivity index (χ2n) is 12.2. The first-order valence-electron chi connectivity index (χ1n) is 17.0. The van der Waals surface area contributed by atoms with Crippen molar-refractivity contribution in [3.63, 3.8) is 0 Å². The van der Waals surface area contributed by atoms with Crippen LogP contribution in [0.1, 0.15) is 33.6 Å². The van der Waals surface area contributed by atoms with Crippen LogP contribution in [0.2, 0.25) is 0 Å². The molecule has 53 heavy (non-hydrogen) atoms. The number of hydrogen-bond acceptors (Lipinski definition) is 8. The molecule has 0 radical (unpaired) electrons. The lowest BCUT2D eigenvalue weighted by Crippen LogP contribution is -2.13. The normalized spacial score (nSPS) is 12.0. The van der Waals surface area contributed by atoms with Crippen LogP contribution in [0.15, 0.2) is 165 Å². The highest BCUT2D eigenvalue weighted by atomic mass is 32.2. The molecule has 0 saturated heterocycles. The van der Waals surface area contributed by atoms with Crippen molar-refractivity contribution in [1.29, 1.82) is 0 Å². The van der Waals surface area contributed by atoms with Crippen molar-refractivity contribution in [1.82, 2.24) is 0 Å². The minimum atomic E-state index is -0.175. The molecule has 1 aliphatic rings. The number of nitrogens with two attached hydrogens (primary N) is 2. The van der Waals surface area contributed by atoms with Crippen molar-refractivity contribution in [3.05, 3.63) is 161 Å². The van der Waals surface area contributed by atoms with Gasteiger partial charge in [-0.05, 0) is 132 Å². The van der Waals surface area contributed by atoms with Crippen LogP contribution in [-0.2, 0) is 0 Å². The van der Waals surface area contributed by atoms with Gasteiger partial charge in [-0.25, -0.2) is 0 Å². The predicted octanol–water partition coefficient (Wildman–Crippen LogP) is 11.9. The van der Waals surface area contributed by atoms with Gasteiger partial charge in [0.05, 0.1) is 22.7 Å². The number of hydrogen-bond donors (Lipinski definition) is 4. The van der Waals surface area contributed by atoms with Gasteiger partial charge in [-0.1, -0.05) is 54.2 Å². The summed E-state index contributed by atoms with van der Waals surface area (Å²) >= 11 is 6.86. The zero-order valence-corrected chi connectivity index (χ0v) is 31.8. The molecule has 6 N–H and O–H groups in total. The number of thiophene rings is 2. The summed E-state index contributed by atoms with van der Waals surface area (Å²) in [5, 5.41) is 10.7. The number of nitrogen functional groups attached to an aromatic ring is 2. The Hall–Kier alpha value is -5.26. The van der Waals surface area contributed by atoms with Gasteiger partial charge in [0.25, 0.3) is 11.8 Å². The molecule has 0 atom stereocenters. The van der Waals surface area contributed by atoms with E-state index in [9.17, 15) is 9.59 Å². The van der Waals surface area contributed by atoms with E-state index in [1.165, 1.54) is 17.7 Å². The average Bonchev–Trinajstić information content (AvgIpc) is 3.56. The van der Waals surface area contributed by atoms with E-state index in [2.05, 4.69) is 28.8 Å². The van der Waals surface area contributed by atoms with Crippen molar-refractivity contribution < 1.29 is 9.59 Å². The molecule has 0 aliphatic heterocycles. The number of nitrogens with one attached hydrogen (secondary N) is 2. The summed E-state index contributed by atoms with van der Waals surface area (Å²) < 4.78 is 0. The maximum absolute atomic E-state index is 12.7. The molecule has 1 aliphatic carbocycles. The molecule has 0 unspecified atom stereocenters. The minimum absolute atomic E-state index is 0.141. The molecule has 7 aromatic rings. The Balaban J connectivity index is 0.000000165. The lowest BCUT2D eigenvalue weighted by atomic mass is 10.1. The van der Waals surface area contributed by atoms with Gasteiger partial charge in [-0.2, -0.15) is 0 Å². The van der Waals surface area contributed by atoms with Gasteiger partial charge < -0.3 is 22.1 Å². The molecule has 0 spiro atoms. The van der Waals surface area contributed by atoms with E-state index < -0.39 is 0 Å². The van der Waals surface area contributed by atoms with Crippen molar-refractivity contribution in [2.45, 2.75) is 32.8 Å². The fourth-order valence-corrected chi connectivity index (χ4v) is 8.61. The zero-order valence-electron chi connectivity index (χ0n) is 28.5. The number of thioether (sulfide) groups is 1. The Morgan fingerprint density at radius 1 is 0.547 bits per heavy atom. The Morgan fingerprint density at radius 2 is 1.02 bits per heavy atom. The van der Waals surface area contributed by atoms with Gasteiger partial charge in [-0.15, -0.1) is 34.4 Å². The van der Waals surface area contributed by atoms with Crippen molar-refractivity contribution in [2.75, 3.05) is 22.1 Å². The maximum atomic E-state index is 12.7. The van der Waals surface area contributed by atoms with Crippen molar-refractivity contribution in [3.8, 4) is 20.9 Å². The average molecular weight is 769 g/mol. The van der Waals surface area contributed by atoms with Crippen molar-refractivity contribution in [2.24, 2.45) is 0 Å². The smallest absolute Gasteiger partial charge is 0.255 e. The van der Waals surface area contributed by atoms with E-state index in [-0.39, 0.29) is 11.8 Å². The SMILES string of the molecule is Nc1ccc(-c2cccs2)cc1NC(=O)c1ccc(SC2CC2)cc1.Nc1ccc(-c2cccs2)cc1NC(=O)c1ccc(Sc2ccccc2)cc1. The molecule has 8 rings (SSSR count). The van der Waals surface area contributed by atoms with E-state index in [1.54, 1.807) is 34.4 Å². The van der Waals surface area contributed by atoms with Crippen LogP contribution in [0.3, 0.4) is 0 Å². The molecule has 10 heteroatoms. The molecular weight excluding hydrogens is 733 g/mol. The molecule has 2 amide bonds. The highest BCUT2D eigenvalue weighted by Crippen LogP contribution is 2.39. The molecule has 1 fully saturated rings. The van der Waals surface area contributed by atoms with Gasteiger partial charge >= 0.3 is 0 Å². The Labute approximate surface area is 325 Å². The monoisotopic (exact) mass is 768 g/mol. The quantitative estimate of drug-likeness (QED) is 0.103. The molecule has 5 aromatic carbocycles. The molecular formula is C43H36N4O2S4. The van der Waals surface area contributed by atoms with Crippen LogP contribution in [0.4, 0.5) is 22.7 Å². The van der Waals surface area contributed by atoms with E-state index in [0.29, 0.717) is 33.9 Å². The van der Waals surface area contributed by atoms with Crippen molar-refractivity contribution >= 4 is 80.8 Å². The van der Waals surface area contributed by atoms with Crippen LogP contribution in [0, 0.1) is 0 Å². The summed E-state index contributed by atoms with van der Waals surface area (Å²) in [6.45, 7) is 0. The molecule has 0 bridgehead atoms. The van der Waals surface area contributed by atoms with Crippen LogP contribution < -0.4 is 22.1 Å². The third-order valence-electron chi connectivity index (χ3n) is 8.25. The Morgan fingerprint density at radius 3 is 1.47 bits per heavy atom.